The minimum atomic E-state index is -0.227. The van der Waals surface area contributed by atoms with Crippen LogP contribution in [0.25, 0.3) is 0 Å². The van der Waals surface area contributed by atoms with Crippen LogP contribution in [0.1, 0.15) is 33.3 Å². The molecule has 0 bridgehead atoms. The largest absolute Gasteiger partial charge is 0.333 e. The van der Waals surface area contributed by atoms with Gasteiger partial charge in [0.15, 0.2) is 0 Å². The van der Waals surface area contributed by atoms with Crippen LogP contribution in [0.15, 0.2) is 24.3 Å². The lowest BCUT2D eigenvalue weighted by molar-refractivity contribution is 0.244. The predicted molar refractivity (Wildman–Crippen MR) is 75.7 cm³/mol. The van der Waals surface area contributed by atoms with Crippen LogP contribution in [0.2, 0.25) is 0 Å². The molecular weight excluding hydrogens is 226 g/mol. The fourth-order valence-electron chi connectivity index (χ4n) is 1.48. The Morgan fingerprint density at radius 2 is 1.78 bits per heavy atom. The molecular formula is C14H23N3O. The molecule has 2 amide bonds. The number of benzene rings is 1. The lowest BCUT2D eigenvalue weighted by Gasteiger charge is -2.20. The van der Waals surface area contributed by atoms with Gasteiger partial charge in [0.25, 0.3) is 0 Å². The van der Waals surface area contributed by atoms with Crippen molar-refractivity contribution in [1.82, 2.24) is 10.6 Å². The van der Waals surface area contributed by atoms with Crippen LogP contribution >= 0.6 is 0 Å². The van der Waals surface area contributed by atoms with Gasteiger partial charge in [0, 0.05) is 17.8 Å². The minimum absolute atomic E-state index is 0.179. The average molecular weight is 249 g/mol. The van der Waals surface area contributed by atoms with Gasteiger partial charge in [-0.1, -0.05) is 19.1 Å². The Labute approximate surface area is 109 Å². The quantitative estimate of drug-likeness (QED) is 0.768. The van der Waals surface area contributed by atoms with Crippen LogP contribution < -0.4 is 16.0 Å². The highest BCUT2D eigenvalue weighted by molar-refractivity contribution is 5.89. The molecule has 3 N–H and O–H groups in total. The summed E-state index contributed by atoms with van der Waals surface area (Å²) in [7, 11) is 0. The number of carbonyl (C=O) groups is 1. The summed E-state index contributed by atoms with van der Waals surface area (Å²) in [6, 6.07) is 7.66. The smallest absolute Gasteiger partial charge is 0.319 e. The second-order valence-electron chi connectivity index (χ2n) is 5.31. The van der Waals surface area contributed by atoms with Gasteiger partial charge in [-0.3, -0.25) is 0 Å². The van der Waals surface area contributed by atoms with E-state index in [4.69, 9.17) is 0 Å². The Hall–Kier alpha value is -1.55. The van der Waals surface area contributed by atoms with E-state index in [2.05, 4.69) is 22.9 Å². The van der Waals surface area contributed by atoms with Crippen LogP contribution in [0.4, 0.5) is 10.5 Å². The summed E-state index contributed by atoms with van der Waals surface area (Å²) >= 11 is 0. The summed E-state index contributed by atoms with van der Waals surface area (Å²) < 4.78 is 0. The SMILES string of the molecule is CCNCc1ccc(NC(=O)NC(C)(C)C)cc1. The Bertz CT molecular complexity index is 379. The number of hydrogen-bond acceptors (Lipinski definition) is 2. The second-order valence-corrected chi connectivity index (χ2v) is 5.31. The molecule has 18 heavy (non-hydrogen) atoms. The molecule has 0 unspecified atom stereocenters. The van der Waals surface area contributed by atoms with Crippen LogP contribution in [-0.2, 0) is 6.54 Å². The van der Waals surface area contributed by atoms with Gasteiger partial charge in [0.1, 0.15) is 0 Å². The first kappa shape index (κ1) is 14.5. The lowest BCUT2D eigenvalue weighted by atomic mass is 10.1. The fourth-order valence-corrected chi connectivity index (χ4v) is 1.48. The van der Waals surface area contributed by atoms with Crippen molar-refractivity contribution in [3.63, 3.8) is 0 Å². The molecule has 0 atom stereocenters. The number of carbonyl (C=O) groups excluding carboxylic acids is 1. The van der Waals surface area contributed by atoms with Gasteiger partial charge in [-0.2, -0.15) is 0 Å². The summed E-state index contributed by atoms with van der Waals surface area (Å²) in [6.07, 6.45) is 0. The molecule has 100 valence electrons. The van der Waals surface area contributed by atoms with E-state index >= 15 is 0 Å². The van der Waals surface area contributed by atoms with Crippen LogP contribution in [0.5, 0.6) is 0 Å². The normalized spacial score (nSPS) is 11.1. The third-order valence-electron chi connectivity index (χ3n) is 2.28. The van der Waals surface area contributed by atoms with Crippen molar-refractivity contribution in [1.29, 1.82) is 0 Å². The fraction of sp³-hybridized carbons (Fsp3) is 0.500. The van der Waals surface area contributed by atoms with Gasteiger partial charge in [-0.05, 0) is 45.0 Å². The maximum Gasteiger partial charge on any atom is 0.319 e. The standard InChI is InChI=1S/C14H23N3O/c1-5-15-10-11-6-8-12(9-7-11)16-13(18)17-14(2,3)4/h6-9,15H,5,10H2,1-4H3,(H2,16,17,18). The van der Waals surface area contributed by atoms with E-state index in [1.165, 1.54) is 5.56 Å². The van der Waals surface area contributed by atoms with Crippen molar-refractivity contribution in [3.05, 3.63) is 29.8 Å². The molecule has 0 aliphatic heterocycles. The van der Waals surface area contributed by atoms with E-state index in [1.807, 2.05) is 45.0 Å². The van der Waals surface area contributed by atoms with Gasteiger partial charge in [0.05, 0.1) is 0 Å². The van der Waals surface area contributed by atoms with Crippen molar-refractivity contribution in [2.75, 3.05) is 11.9 Å². The van der Waals surface area contributed by atoms with Crippen molar-refractivity contribution in [3.8, 4) is 0 Å². The van der Waals surface area contributed by atoms with Crippen LogP contribution in [0, 0.1) is 0 Å². The van der Waals surface area contributed by atoms with E-state index in [9.17, 15) is 4.79 Å². The third-order valence-corrected chi connectivity index (χ3v) is 2.28. The molecule has 4 nitrogen and oxygen atoms in total. The molecule has 0 heterocycles. The summed E-state index contributed by atoms with van der Waals surface area (Å²) in [6.45, 7) is 9.73. The first-order valence-corrected chi connectivity index (χ1v) is 6.29. The zero-order chi connectivity index (χ0) is 13.6. The minimum Gasteiger partial charge on any atom is -0.333 e. The molecule has 0 saturated carbocycles. The lowest BCUT2D eigenvalue weighted by Crippen LogP contribution is -2.43. The van der Waals surface area contributed by atoms with Gasteiger partial charge in [-0.25, -0.2) is 4.79 Å². The van der Waals surface area contributed by atoms with E-state index in [0.29, 0.717) is 0 Å². The zero-order valence-corrected chi connectivity index (χ0v) is 11.6. The topological polar surface area (TPSA) is 53.2 Å². The zero-order valence-electron chi connectivity index (χ0n) is 11.6. The van der Waals surface area contributed by atoms with E-state index in [-0.39, 0.29) is 11.6 Å². The first-order valence-electron chi connectivity index (χ1n) is 6.29. The van der Waals surface area contributed by atoms with Crippen molar-refractivity contribution in [2.45, 2.75) is 39.8 Å². The number of rotatable bonds is 4. The molecule has 0 aliphatic carbocycles. The van der Waals surface area contributed by atoms with Crippen LogP contribution in [0.3, 0.4) is 0 Å². The van der Waals surface area contributed by atoms with Crippen molar-refractivity contribution >= 4 is 11.7 Å². The molecule has 0 fully saturated rings. The molecule has 0 aliphatic rings. The summed E-state index contributed by atoms with van der Waals surface area (Å²) in [5.41, 5.74) is 1.78. The second kappa shape index (κ2) is 6.40. The summed E-state index contributed by atoms with van der Waals surface area (Å²) in [5.74, 6) is 0. The molecule has 1 aromatic rings. The van der Waals surface area contributed by atoms with Gasteiger partial charge in [0.2, 0.25) is 0 Å². The van der Waals surface area contributed by atoms with Gasteiger partial charge < -0.3 is 16.0 Å². The van der Waals surface area contributed by atoms with Crippen molar-refractivity contribution in [2.24, 2.45) is 0 Å². The monoisotopic (exact) mass is 249 g/mol. The Morgan fingerprint density at radius 3 is 2.28 bits per heavy atom. The van der Waals surface area contributed by atoms with E-state index in [1.54, 1.807) is 0 Å². The number of urea groups is 1. The molecule has 1 rings (SSSR count). The summed E-state index contributed by atoms with van der Waals surface area (Å²) in [5, 5.41) is 8.92. The number of nitrogens with one attached hydrogen (secondary N) is 3. The molecule has 0 radical (unpaired) electrons. The van der Waals surface area contributed by atoms with Crippen LogP contribution in [-0.4, -0.2) is 18.1 Å². The van der Waals surface area contributed by atoms with Crippen molar-refractivity contribution < 1.29 is 4.79 Å². The predicted octanol–water partition coefficient (Wildman–Crippen LogP) is 2.72. The maximum atomic E-state index is 11.7. The molecule has 4 heteroatoms. The van der Waals surface area contributed by atoms with E-state index in [0.717, 1.165) is 18.8 Å². The van der Waals surface area contributed by atoms with Gasteiger partial charge >= 0.3 is 6.03 Å². The number of amides is 2. The third kappa shape index (κ3) is 5.68. The highest BCUT2D eigenvalue weighted by Gasteiger charge is 2.13. The van der Waals surface area contributed by atoms with E-state index < -0.39 is 0 Å². The molecule has 0 spiro atoms. The highest BCUT2D eigenvalue weighted by Crippen LogP contribution is 2.10. The Balaban J connectivity index is 2.50. The number of anilines is 1. The summed E-state index contributed by atoms with van der Waals surface area (Å²) in [4.78, 5) is 11.7. The molecule has 1 aromatic carbocycles. The first-order chi connectivity index (χ1) is 8.40. The Morgan fingerprint density at radius 1 is 1.17 bits per heavy atom. The Kier molecular flexibility index (Phi) is 5.16. The molecule has 0 aromatic heterocycles. The number of hydrogen-bond donors (Lipinski definition) is 3. The maximum absolute atomic E-state index is 11.7. The van der Waals surface area contributed by atoms with Gasteiger partial charge in [-0.15, -0.1) is 0 Å². The average Bonchev–Trinajstić information content (AvgIpc) is 2.25. The molecule has 0 saturated heterocycles. The highest BCUT2D eigenvalue weighted by atomic mass is 16.2.